The second-order valence-corrected chi connectivity index (χ2v) is 4.34. The molecule has 22 heavy (non-hydrogen) atoms. The first-order valence-corrected chi connectivity index (χ1v) is 6.34. The van der Waals surface area contributed by atoms with Crippen molar-refractivity contribution in [1.29, 1.82) is 0 Å². The summed E-state index contributed by atoms with van der Waals surface area (Å²) < 4.78 is 26.5. The van der Waals surface area contributed by atoms with Gasteiger partial charge in [0.25, 0.3) is 0 Å². The summed E-state index contributed by atoms with van der Waals surface area (Å²) in [5.41, 5.74) is 1.89. The first-order chi connectivity index (χ1) is 10.7. The van der Waals surface area contributed by atoms with E-state index in [0.29, 0.717) is 16.7 Å². The molecule has 0 aromatic heterocycles. The predicted octanol–water partition coefficient (Wildman–Crippen LogP) is 3.10. The molecule has 6 heteroatoms. The van der Waals surface area contributed by atoms with Crippen LogP contribution in [0.25, 0.3) is 4.85 Å². The van der Waals surface area contributed by atoms with Crippen LogP contribution in [0.1, 0.15) is 16.7 Å². The van der Waals surface area contributed by atoms with E-state index in [2.05, 4.69) is 10.0 Å². The quantitative estimate of drug-likeness (QED) is 0.399. The lowest BCUT2D eigenvalue weighted by atomic mass is 10.0. The first-order valence-electron chi connectivity index (χ1n) is 6.34. The fourth-order valence-corrected chi connectivity index (χ4v) is 1.81. The molecule has 0 radical (unpaired) electrons. The van der Waals surface area contributed by atoms with Gasteiger partial charge in [-0.25, -0.2) is 15.4 Å². The Morgan fingerprint density at radius 3 is 2.36 bits per heavy atom. The van der Waals surface area contributed by atoms with Gasteiger partial charge in [-0.1, -0.05) is 29.4 Å². The van der Waals surface area contributed by atoms with Gasteiger partial charge in [-0.15, -0.1) is 0 Å². The Bertz CT molecular complexity index is 722. The SMILES string of the molecule is [C-]#[N+]CO/N=C(/c1ccc(CO)cc1)c1ccc(F)c(F)c1. The molecule has 0 atom stereocenters. The topological polar surface area (TPSA) is 46.2 Å². The van der Waals surface area contributed by atoms with Gasteiger partial charge in [0.1, 0.15) is 5.71 Å². The van der Waals surface area contributed by atoms with Crippen LogP contribution in [0.5, 0.6) is 0 Å². The summed E-state index contributed by atoms with van der Waals surface area (Å²) in [6.07, 6.45) is 0. The summed E-state index contributed by atoms with van der Waals surface area (Å²) in [5, 5.41) is 12.9. The second-order valence-electron chi connectivity index (χ2n) is 4.34. The Balaban J connectivity index is 2.43. The Hall–Kier alpha value is -2.78. The van der Waals surface area contributed by atoms with E-state index < -0.39 is 11.6 Å². The van der Waals surface area contributed by atoms with E-state index in [9.17, 15) is 8.78 Å². The highest BCUT2D eigenvalue weighted by atomic mass is 19.2. The fraction of sp³-hybridized carbons (Fsp3) is 0.125. The number of aliphatic hydroxyl groups excluding tert-OH is 1. The lowest BCUT2D eigenvalue weighted by Gasteiger charge is -2.07. The van der Waals surface area contributed by atoms with E-state index in [-0.39, 0.29) is 19.0 Å². The van der Waals surface area contributed by atoms with Crippen molar-refractivity contribution < 1.29 is 18.7 Å². The maximum Gasteiger partial charge on any atom is 0.378 e. The normalized spacial score (nSPS) is 11.1. The predicted molar refractivity (Wildman–Crippen MR) is 76.9 cm³/mol. The third-order valence-electron chi connectivity index (χ3n) is 2.88. The van der Waals surface area contributed by atoms with Gasteiger partial charge >= 0.3 is 6.73 Å². The molecule has 2 rings (SSSR count). The van der Waals surface area contributed by atoms with Crippen LogP contribution in [0.15, 0.2) is 47.6 Å². The van der Waals surface area contributed by atoms with Crippen LogP contribution in [0, 0.1) is 18.2 Å². The van der Waals surface area contributed by atoms with Crippen molar-refractivity contribution in [1.82, 2.24) is 0 Å². The van der Waals surface area contributed by atoms with Crippen molar-refractivity contribution in [2.24, 2.45) is 5.16 Å². The van der Waals surface area contributed by atoms with E-state index >= 15 is 0 Å². The van der Waals surface area contributed by atoms with Crippen LogP contribution < -0.4 is 0 Å². The second kappa shape index (κ2) is 7.29. The summed E-state index contributed by atoms with van der Waals surface area (Å²) >= 11 is 0. The molecule has 0 saturated heterocycles. The molecule has 2 aromatic rings. The lowest BCUT2D eigenvalue weighted by molar-refractivity contribution is 0.173. The third kappa shape index (κ3) is 3.65. The van der Waals surface area contributed by atoms with Crippen LogP contribution in [0.4, 0.5) is 8.78 Å². The molecule has 0 saturated carbocycles. The lowest BCUT2D eigenvalue weighted by Crippen LogP contribution is -2.06. The minimum Gasteiger partial charge on any atom is -0.392 e. The number of hydrogen-bond donors (Lipinski definition) is 1. The molecule has 0 aliphatic carbocycles. The van der Waals surface area contributed by atoms with Crippen molar-refractivity contribution in [2.75, 3.05) is 6.73 Å². The standard InChI is InChI=1S/C16H12F2N2O2/c1-19-10-22-20-16(12-4-2-11(9-21)3-5-12)13-6-7-14(17)15(18)8-13/h2-8,21H,9-10H2/b20-16-. The maximum absolute atomic E-state index is 13.4. The van der Waals surface area contributed by atoms with Gasteiger partial charge in [0.2, 0.25) is 0 Å². The van der Waals surface area contributed by atoms with Gasteiger partial charge in [-0.2, -0.15) is 0 Å². The largest absolute Gasteiger partial charge is 0.392 e. The van der Waals surface area contributed by atoms with E-state index in [1.165, 1.54) is 6.07 Å². The average Bonchev–Trinajstić information content (AvgIpc) is 2.55. The Morgan fingerprint density at radius 1 is 1.09 bits per heavy atom. The highest BCUT2D eigenvalue weighted by Gasteiger charge is 2.12. The number of aliphatic hydroxyl groups is 1. The zero-order valence-electron chi connectivity index (χ0n) is 11.5. The number of halogens is 2. The number of hydrogen-bond acceptors (Lipinski definition) is 3. The minimum atomic E-state index is -0.998. The van der Waals surface area contributed by atoms with Gasteiger partial charge in [0, 0.05) is 11.1 Å². The van der Waals surface area contributed by atoms with Gasteiger partial charge in [0.05, 0.1) is 6.61 Å². The molecule has 0 spiro atoms. The maximum atomic E-state index is 13.4. The first kappa shape index (κ1) is 15.6. The van der Waals surface area contributed by atoms with Gasteiger partial charge in [-0.05, 0) is 23.8 Å². The summed E-state index contributed by atoms with van der Waals surface area (Å²) in [6.45, 7) is 6.28. The highest BCUT2D eigenvalue weighted by Crippen LogP contribution is 2.16. The van der Waals surface area contributed by atoms with Crippen LogP contribution in [0.3, 0.4) is 0 Å². The molecule has 0 bridgehead atoms. The van der Waals surface area contributed by atoms with Crippen molar-refractivity contribution in [3.8, 4) is 0 Å². The van der Waals surface area contributed by atoms with Crippen molar-refractivity contribution >= 4 is 5.71 Å². The molecule has 0 amide bonds. The molecule has 2 aromatic carbocycles. The van der Waals surface area contributed by atoms with Gasteiger partial charge < -0.3 is 9.94 Å². The highest BCUT2D eigenvalue weighted by molar-refractivity contribution is 6.12. The van der Waals surface area contributed by atoms with E-state index in [4.69, 9.17) is 16.5 Å². The zero-order chi connectivity index (χ0) is 15.9. The number of rotatable bonds is 5. The monoisotopic (exact) mass is 302 g/mol. The molecule has 0 unspecified atom stereocenters. The van der Waals surface area contributed by atoms with E-state index in [0.717, 1.165) is 12.1 Å². The molecule has 0 aliphatic heterocycles. The molecule has 4 nitrogen and oxygen atoms in total. The number of oxime groups is 1. The van der Waals surface area contributed by atoms with Crippen LogP contribution in [0.2, 0.25) is 0 Å². The van der Waals surface area contributed by atoms with E-state index in [1.54, 1.807) is 24.3 Å². The van der Waals surface area contributed by atoms with Crippen LogP contribution in [-0.4, -0.2) is 17.5 Å². The third-order valence-corrected chi connectivity index (χ3v) is 2.88. The van der Waals surface area contributed by atoms with Crippen molar-refractivity contribution in [2.45, 2.75) is 6.61 Å². The summed E-state index contributed by atoms with van der Waals surface area (Å²) in [4.78, 5) is 7.86. The molecule has 1 N–H and O–H groups in total. The molecular weight excluding hydrogens is 290 g/mol. The summed E-state index contributed by atoms with van der Waals surface area (Å²) in [6, 6.07) is 10.1. The van der Waals surface area contributed by atoms with Gasteiger partial charge in [-0.3, -0.25) is 4.85 Å². The number of benzene rings is 2. The minimum absolute atomic E-state index is 0.105. The summed E-state index contributed by atoms with van der Waals surface area (Å²) in [7, 11) is 0. The van der Waals surface area contributed by atoms with Crippen molar-refractivity contribution in [3.05, 3.63) is 82.2 Å². The van der Waals surface area contributed by atoms with Gasteiger partial charge in [0.15, 0.2) is 11.6 Å². The Morgan fingerprint density at radius 2 is 1.77 bits per heavy atom. The Labute approximate surface area is 126 Å². The summed E-state index contributed by atoms with van der Waals surface area (Å²) in [5.74, 6) is -1.96. The molecule has 0 fully saturated rings. The number of nitrogens with zero attached hydrogens (tertiary/aromatic N) is 2. The van der Waals surface area contributed by atoms with Crippen molar-refractivity contribution in [3.63, 3.8) is 0 Å². The van der Waals surface area contributed by atoms with Crippen LogP contribution >= 0.6 is 0 Å². The molecule has 112 valence electrons. The average molecular weight is 302 g/mol. The van der Waals surface area contributed by atoms with E-state index in [1.807, 2.05) is 0 Å². The Kier molecular flexibility index (Phi) is 5.17. The fourth-order valence-electron chi connectivity index (χ4n) is 1.81. The smallest absolute Gasteiger partial charge is 0.378 e. The van der Waals surface area contributed by atoms with Crippen LogP contribution in [-0.2, 0) is 11.4 Å². The molecule has 0 aliphatic rings. The zero-order valence-corrected chi connectivity index (χ0v) is 11.5. The molecule has 0 heterocycles. The molecular formula is C16H12F2N2O2.